The van der Waals surface area contributed by atoms with Crippen LogP contribution in [0.1, 0.15) is 97.8 Å². The van der Waals surface area contributed by atoms with Crippen LogP contribution in [-0.2, 0) is 5.41 Å². The van der Waals surface area contributed by atoms with Crippen molar-refractivity contribution in [2.24, 2.45) is 0 Å². The van der Waals surface area contributed by atoms with E-state index in [1.807, 2.05) is 33.9 Å². The van der Waals surface area contributed by atoms with Crippen molar-refractivity contribution in [1.29, 1.82) is 0 Å². The molecule has 5 rings (SSSR count). The number of para-hydroxylation sites is 1. The van der Waals surface area contributed by atoms with Crippen molar-refractivity contribution in [3.63, 3.8) is 0 Å². The molecule has 2 aliphatic rings. The number of benzene rings is 2. The molecule has 35 heavy (non-hydrogen) atoms. The summed E-state index contributed by atoms with van der Waals surface area (Å²) in [4.78, 5) is 14.9. The summed E-state index contributed by atoms with van der Waals surface area (Å²) in [6.45, 7) is 21.7. The van der Waals surface area contributed by atoms with Gasteiger partial charge in [0.05, 0.1) is 6.20 Å². The number of fused-ring (bicyclic) bond motifs is 5. The average Bonchev–Trinajstić information content (AvgIpc) is 3.30. The normalized spacial score (nSPS) is 16.8. The van der Waals surface area contributed by atoms with Gasteiger partial charge in [0.15, 0.2) is 11.6 Å². The molecule has 4 heteroatoms. The van der Waals surface area contributed by atoms with Crippen LogP contribution in [0.5, 0.6) is 0 Å². The second-order valence-electron chi connectivity index (χ2n) is 10.1. The third-order valence-corrected chi connectivity index (χ3v) is 7.05. The van der Waals surface area contributed by atoms with E-state index < -0.39 is 0 Å². The van der Waals surface area contributed by atoms with Crippen LogP contribution in [0.3, 0.4) is 0 Å². The molecule has 0 saturated carbocycles. The molecule has 0 N–H and O–H groups in total. The molecular formula is C31H44N4. The summed E-state index contributed by atoms with van der Waals surface area (Å²) in [6.07, 6.45) is 2.24. The van der Waals surface area contributed by atoms with Gasteiger partial charge in [-0.05, 0) is 34.6 Å². The van der Waals surface area contributed by atoms with Gasteiger partial charge in [0.2, 0.25) is 0 Å². The van der Waals surface area contributed by atoms with Crippen molar-refractivity contribution in [3.8, 4) is 11.4 Å². The molecule has 4 nitrogen and oxygen atoms in total. The molecule has 3 heterocycles. The van der Waals surface area contributed by atoms with Crippen LogP contribution in [0, 0.1) is 0 Å². The van der Waals surface area contributed by atoms with Gasteiger partial charge >= 0.3 is 0 Å². The molecule has 0 radical (unpaired) electrons. The van der Waals surface area contributed by atoms with Crippen LogP contribution in [0.4, 0.5) is 17.2 Å². The van der Waals surface area contributed by atoms with Gasteiger partial charge < -0.3 is 9.80 Å². The molecule has 188 valence electrons. The highest BCUT2D eigenvalue weighted by molar-refractivity contribution is 5.87. The Morgan fingerprint density at radius 2 is 1.37 bits per heavy atom. The second kappa shape index (κ2) is 10.4. The third-order valence-electron chi connectivity index (χ3n) is 7.05. The first kappa shape index (κ1) is 26.7. The summed E-state index contributed by atoms with van der Waals surface area (Å²) in [5.41, 5.74) is 7.58. The minimum Gasteiger partial charge on any atom is -0.336 e. The maximum Gasteiger partial charge on any atom is 0.162 e. The Bertz CT molecular complexity index is 1140. The Hall–Kier alpha value is -2.88. The molecular weight excluding hydrogens is 428 g/mol. The fraction of sp³-hybridized carbons (Fsp3) is 0.484. The van der Waals surface area contributed by atoms with Gasteiger partial charge in [-0.2, -0.15) is 0 Å². The Balaban J connectivity index is 0.000000815. The average molecular weight is 473 g/mol. The highest BCUT2D eigenvalue weighted by atomic mass is 15.5. The highest BCUT2D eigenvalue weighted by Crippen LogP contribution is 2.55. The van der Waals surface area contributed by atoms with Gasteiger partial charge in [-0.15, -0.1) is 0 Å². The molecule has 0 amide bonds. The summed E-state index contributed by atoms with van der Waals surface area (Å²) in [6, 6.07) is 15.4. The van der Waals surface area contributed by atoms with Gasteiger partial charge in [0.25, 0.3) is 0 Å². The van der Waals surface area contributed by atoms with Crippen LogP contribution < -0.4 is 9.80 Å². The summed E-state index contributed by atoms with van der Waals surface area (Å²) in [5, 5.41) is 0. The van der Waals surface area contributed by atoms with Crippen molar-refractivity contribution < 1.29 is 0 Å². The first-order valence-corrected chi connectivity index (χ1v) is 13.3. The van der Waals surface area contributed by atoms with E-state index in [2.05, 4.69) is 101 Å². The van der Waals surface area contributed by atoms with E-state index in [1.54, 1.807) is 0 Å². The first-order valence-electron chi connectivity index (χ1n) is 13.3. The molecule has 0 saturated heterocycles. The number of hydrogen-bond donors (Lipinski definition) is 0. The smallest absolute Gasteiger partial charge is 0.162 e. The summed E-state index contributed by atoms with van der Waals surface area (Å²) < 4.78 is 0. The first-order chi connectivity index (χ1) is 16.7. The van der Waals surface area contributed by atoms with Crippen molar-refractivity contribution in [3.05, 3.63) is 65.4 Å². The van der Waals surface area contributed by atoms with Crippen molar-refractivity contribution in [2.75, 3.05) is 16.8 Å². The Morgan fingerprint density at radius 1 is 0.800 bits per heavy atom. The van der Waals surface area contributed by atoms with Crippen LogP contribution >= 0.6 is 0 Å². The zero-order chi connectivity index (χ0) is 26.1. The maximum atomic E-state index is 5.18. The molecule has 2 aliphatic heterocycles. The number of rotatable bonds is 3. The molecule has 0 spiro atoms. The molecule has 1 aromatic heterocycles. The number of hydrogen-bond acceptors (Lipinski definition) is 4. The van der Waals surface area contributed by atoms with E-state index in [0.29, 0.717) is 11.8 Å². The number of aromatic nitrogens is 2. The largest absolute Gasteiger partial charge is 0.336 e. The monoisotopic (exact) mass is 472 g/mol. The molecule has 0 fully saturated rings. The van der Waals surface area contributed by atoms with Crippen molar-refractivity contribution >= 4 is 17.2 Å². The van der Waals surface area contributed by atoms with Gasteiger partial charge in [-0.3, -0.25) is 0 Å². The Morgan fingerprint density at radius 3 is 1.94 bits per heavy atom. The lowest BCUT2D eigenvalue weighted by atomic mass is 9.84. The topological polar surface area (TPSA) is 32.3 Å². The van der Waals surface area contributed by atoms with E-state index >= 15 is 0 Å². The minimum absolute atomic E-state index is 0.00879. The molecule has 1 atom stereocenters. The summed E-state index contributed by atoms with van der Waals surface area (Å²) >= 11 is 0. The minimum atomic E-state index is -0.00879. The summed E-state index contributed by atoms with van der Waals surface area (Å²) in [7, 11) is 2.17. The maximum absolute atomic E-state index is 5.18. The highest BCUT2D eigenvalue weighted by Gasteiger charge is 2.52. The lowest BCUT2D eigenvalue weighted by Gasteiger charge is -2.34. The molecule has 2 aromatic carbocycles. The number of nitrogens with zero attached hydrogens (tertiary/aromatic N) is 4. The lowest BCUT2D eigenvalue weighted by Crippen LogP contribution is -2.46. The Kier molecular flexibility index (Phi) is 7.93. The van der Waals surface area contributed by atoms with Crippen LogP contribution in [0.2, 0.25) is 0 Å². The van der Waals surface area contributed by atoms with Crippen LogP contribution in [-0.4, -0.2) is 23.2 Å². The van der Waals surface area contributed by atoms with E-state index in [1.165, 1.54) is 27.9 Å². The van der Waals surface area contributed by atoms with Gasteiger partial charge in [-0.1, -0.05) is 106 Å². The van der Waals surface area contributed by atoms with Crippen molar-refractivity contribution in [1.82, 2.24) is 9.97 Å². The van der Waals surface area contributed by atoms with Gasteiger partial charge in [-0.25, -0.2) is 9.97 Å². The zero-order valence-electron chi connectivity index (χ0n) is 23.6. The lowest BCUT2D eigenvalue weighted by molar-refractivity contribution is 0.441. The second-order valence-corrected chi connectivity index (χ2v) is 10.1. The third kappa shape index (κ3) is 4.22. The van der Waals surface area contributed by atoms with Crippen molar-refractivity contribution in [2.45, 2.75) is 92.7 Å². The fourth-order valence-corrected chi connectivity index (χ4v) is 5.58. The van der Waals surface area contributed by atoms with Crippen LogP contribution in [0.15, 0.2) is 48.7 Å². The fourth-order valence-electron chi connectivity index (χ4n) is 5.58. The molecule has 0 aliphatic carbocycles. The SMILES string of the molecule is CC.CC.CC(C)c1cccc(C(C)C)c1-c1ncc2c(n1)N(C)C1N2c2ccccc2C1(C)C. The predicted molar refractivity (Wildman–Crippen MR) is 152 cm³/mol. The van der Waals surface area contributed by atoms with Gasteiger partial charge in [0.1, 0.15) is 11.9 Å². The van der Waals surface area contributed by atoms with E-state index in [0.717, 1.165) is 17.3 Å². The molecule has 3 aromatic rings. The molecule has 1 unspecified atom stereocenters. The van der Waals surface area contributed by atoms with Crippen LogP contribution in [0.25, 0.3) is 11.4 Å². The van der Waals surface area contributed by atoms with E-state index in [9.17, 15) is 0 Å². The number of anilines is 3. The number of likely N-dealkylation sites (N-methyl/N-ethyl adjacent to an activating group) is 1. The predicted octanol–water partition coefficient (Wildman–Crippen LogP) is 8.65. The molecule has 0 bridgehead atoms. The standard InChI is InChI=1S/C27H32N4.2C2H6/c1-16(2)18-11-10-12-19(17(3)4)23(18)24-28-15-22-25(29-24)30(7)26-27(5,6)20-13-8-9-14-21(20)31(22)26;2*1-2/h8-17,26H,1-7H3;2*1-2H3. The van der Waals surface area contributed by atoms with E-state index in [4.69, 9.17) is 9.97 Å². The summed E-state index contributed by atoms with van der Waals surface area (Å²) in [5.74, 6) is 2.69. The van der Waals surface area contributed by atoms with Gasteiger partial charge in [0, 0.05) is 23.7 Å². The quantitative estimate of drug-likeness (QED) is 0.382. The van der Waals surface area contributed by atoms with E-state index in [-0.39, 0.29) is 11.6 Å². The Labute approximate surface area is 213 Å². The zero-order valence-corrected chi connectivity index (χ0v) is 23.6.